The van der Waals surface area contributed by atoms with Gasteiger partial charge in [0, 0.05) is 31.3 Å². The minimum atomic E-state index is -2.28. The Morgan fingerprint density at radius 1 is 1.11 bits per heavy atom. The van der Waals surface area contributed by atoms with Gasteiger partial charge in [-0.3, -0.25) is 9.78 Å². The molecule has 0 bridgehead atoms. The van der Waals surface area contributed by atoms with Gasteiger partial charge in [0.2, 0.25) is 5.67 Å². The van der Waals surface area contributed by atoms with E-state index in [1.165, 1.54) is 9.80 Å². The Morgan fingerprint density at radius 2 is 1.79 bits per heavy atom. The zero-order valence-corrected chi connectivity index (χ0v) is 23.3. The number of amides is 2. The lowest BCUT2D eigenvalue weighted by Gasteiger charge is -2.52. The zero-order chi connectivity index (χ0) is 25.9. The Balaban J connectivity index is 0.00000253. The van der Waals surface area contributed by atoms with Gasteiger partial charge in [0.25, 0.3) is 5.91 Å². The standard InChI is InChI=1S/C28H32FN3O4.2ClH/c1-27(2,3)24-23(19-36-21-12-9-15-30-18-21)31(16-17-32(24)26(34)35)25(33)28(29)14-8-7-13-22(28)20-10-5-4-6-11-20;;/h4-13,15,18,23-24H,14,16-17,19H2,1-3H3,(H,34,35);2*1H. The number of alkyl halides is 1. The maximum Gasteiger partial charge on any atom is 0.407 e. The molecule has 2 aliphatic rings. The van der Waals surface area contributed by atoms with Gasteiger partial charge in [-0.1, -0.05) is 69.3 Å². The molecular weight excluding hydrogens is 532 g/mol. The molecule has 1 aromatic heterocycles. The Kier molecular flexibility index (Phi) is 10.3. The molecule has 1 saturated heterocycles. The third-order valence-corrected chi connectivity index (χ3v) is 6.78. The highest BCUT2D eigenvalue weighted by atomic mass is 35.5. The van der Waals surface area contributed by atoms with Crippen LogP contribution < -0.4 is 4.74 Å². The van der Waals surface area contributed by atoms with Crippen molar-refractivity contribution >= 4 is 42.4 Å². The number of ether oxygens (including phenoxy) is 1. The molecule has 1 aliphatic carbocycles. The van der Waals surface area contributed by atoms with E-state index in [-0.39, 0.29) is 50.9 Å². The summed E-state index contributed by atoms with van der Waals surface area (Å²) in [5.74, 6) is -0.188. The average Bonchev–Trinajstić information content (AvgIpc) is 2.87. The maximum absolute atomic E-state index is 16.8. The number of carbonyl (C=O) groups excluding carboxylic acids is 1. The monoisotopic (exact) mass is 565 g/mol. The van der Waals surface area contributed by atoms with E-state index in [9.17, 15) is 14.7 Å². The van der Waals surface area contributed by atoms with Crippen LogP contribution in [0.25, 0.3) is 5.57 Å². The maximum atomic E-state index is 16.8. The number of carboxylic acid groups (broad SMARTS) is 1. The molecule has 2 aromatic rings. The zero-order valence-electron chi connectivity index (χ0n) is 21.6. The summed E-state index contributed by atoms with van der Waals surface area (Å²) in [5, 5.41) is 9.97. The van der Waals surface area contributed by atoms with Crippen molar-refractivity contribution in [1.29, 1.82) is 0 Å². The van der Waals surface area contributed by atoms with E-state index in [4.69, 9.17) is 4.74 Å². The SMILES string of the molecule is CC(C)(C)C1C(COc2cccnc2)N(C(=O)C2(F)CC=CC=C2c2ccccc2)CCN1C(=O)O.Cl.Cl. The summed E-state index contributed by atoms with van der Waals surface area (Å²) in [6, 6.07) is 11.2. The van der Waals surface area contributed by atoms with E-state index >= 15 is 4.39 Å². The van der Waals surface area contributed by atoms with Crippen LogP contribution in [0.15, 0.2) is 73.1 Å². The Bertz CT molecular complexity index is 1160. The summed E-state index contributed by atoms with van der Waals surface area (Å²) in [7, 11) is 0. The lowest BCUT2D eigenvalue weighted by atomic mass is 9.77. The molecule has 10 heteroatoms. The van der Waals surface area contributed by atoms with E-state index in [1.807, 2.05) is 39.0 Å². The van der Waals surface area contributed by atoms with Crippen LogP contribution in [0.2, 0.25) is 0 Å². The van der Waals surface area contributed by atoms with Crippen LogP contribution in [-0.4, -0.2) is 69.3 Å². The van der Waals surface area contributed by atoms with Gasteiger partial charge in [0.1, 0.15) is 12.4 Å². The van der Waals surface area contributed by atoms with E-state index in [2.05, 4.69) is 4.98 Å². The van der Waals surface area contributed by atoms with Gasteiger partial charge in [0.15, 0.2) is 0 Å². The number of benzene rings is 1. The molecule has 2 amide bonds. The molecule has 1 aliphatic heterocycles. The Labute approximate surface area is 235 Å². The van der Waals surface area contributed by atoms with Gasteiger partial charge in [-0.05, 0) is 23.1 Å². The van der Waals surface area contributed by atoms with Crippen molar-refractivity contribution < 1.29 is 23.8 Å². The molecule has 2 heterocycles. The summed E-state index contributed by atoms with van der Waals surface area (Å²) in [4.78, 5) is 33.2. The lowest BCUT2D eigenvalue weighted by Crippen LogP contribution is -2.69. The number of nitrogens with zero attached hydrogens (tertiary/aromatic N) is 3. The lowest BCUT2D eigenvalue weighted by molar-refractivity contribution is -0.150. The molecule has 1 fully saturated rings. The van der Waals surface area contributed by atoms with Crippen molar-refractivity contribution in [3.05, 3.63) is 78.6 Å². The van der Waals surface area contributed by atoms with Crippen molar-refractivity contribution in [2.45, 2.75) is 44.9 Å². The Hall–Kier alpha value is -3.10. The third-order valence-electron chi connectivity index (χ3n) is 6.78. The van der Waals surface area contributed by atoms with E-state index < -0.39 is 35.2 Å². The molecule has 3 unspecified atom stereocenters. The number of allylic oxidation sites excluding steroid dienone is 3. The fourth-order valence-corrected chi connectivity index (χ4v) is 5.21. The molecule has 0 spiro atoms. The molecule has 206 valence electrons. The van der Waals surface area contributed by atoms with Crippen LogP contribution in [-0.2, 0) is 4.79 Å². The van der Waals surface area contributed by atoms with E-state index in [0.717, 1.165) is 0 Å². The molecular formula is C28H34Cl2FN3O4. The van der Waals surface area contributed by atoms with Crippen molar-refractivity contribution in [1.82, 2.24) is 14.8 Å². The molecule has 3 atom stereocenters. The van der Waals surface area contributed by atoms with Crippen LogP contribution in [0.3, 0.4) is 0 Å². The fraction of sp³-hybridized carbons (Fsp3) is 0.393. The summed E-state index contributed by atoms with van der Waals surface area (Å²) in [6.45, 7) is 5.91. The van der Waals surface area contributed by atoms with Crippen LogP contribution in [0.5, 0.6) is 5.75 Å². The number of halogens is 3. The number of rotatable bonds is 5. The normalized spacial score (nSPS) is 23.0. The first-order chi connectivity index (χ1) is 17.1. The second-order valence-corrected chi connectivity index (χ2v) is 10.2. The number of piperazine rings is 1. The first-order valence-electron chi connectivity index (χ1n) is 12.1. The number of aromatic nitrogens is 1. The molecule has 0 saturated carbocycles. The smallest absolute Gasteiger partial charge is 0.407 e. The highest BCUT2D eigenvalue weighted by molar-refractivity contribution is 6.01. The van der Waals surface area contributed by atoms with Gasteiger partial charge in [-0.15, -0.1) is 24.8 Å². The fourth-order valence-electron chi connectivity index (χ4n) is 5.21. The van der Waals surface area contributed by atoms with E-state index in [0.29, 0.717) is 16.9 Å². The molecule has 1 aromatic carbocycles. The second-order valence-electron chi connectivity index (χ2n) is 10.2. The minimum absolute atomic E-state index is 0. The summed E-state index contributed by atoms with van der Waals surface area (Å²) < 4.78 is 22.8. The van der Waals surface area contributed by atoms with Crippen LogP contribution in [0, 0.1) is 5.41 Å². The first-order valence-corrected chi connectivity index (χ1v) is 12.1. The van der Waals surface area contributed by atoms with Gasteiger partial charge >= 0.3 is 6.09 Å². The molecule has 0 radical (unpaired) electrons. The van der Waals surface area contributed by atoms with Gasteiger partial charge < -0.3 is 19.6 Å². The summed E-state index contributed by atoms with van der Waals surface area (Å²) in [6.07, 6.45) is 7.06. The van der Waals surface area contributed by atoms with Gasteiger partial charge in [-0.2, -0.15) is 0 Å². The Morgan fingerprint density at radius 3 is 2.39 bits per heavy atom. The highest BCUT2D eigenvalue weighted by Gasteiger charge is 2.53. The predicted molar refractivity (Wildman–Crippen MR) is 150 cm³/mol. The quantitative estimate of drug-likeness (QED) is 0.505. The van der Waals surface area contributed by atoms with Crippen LogP contribution in [0.1, 0.15) is 32.8 Å². The molecule has 1 N–H and O–H groups in total. The molecule has 38 heavy (non-hydrogen) atoms. The molecule has 4 rings (SSSR count). The van der Waals surface area contributed by atoms with Crippen LogP contribution >= 0.6 is 24.8 Å². The van der Waals surface area contributed by atoms with Crippen molar-refractivity contribution in [2.24, 2.45) is 5.41 Å². The van der Waals surface area contributed by atoms with Gasteiger partial charge in [-0.25, -0.2) is 9.18 Å². The number of hydrogen-bond donors (Lipinski definition) is 1. The van der Waals surface area contributed by atoms with Crippen molar-refractivity contribution in [3.63, 3.8) is 0 Å². The number of carbonyl (C=O) groups is 2. The summed E-state index contributed by atoms with van der Waals surface area (Å²) in [5.41, 5.74) is -1.89. The van der Waals surface area contributed by atoms with E-state index in [1.54, 1.807) is 54.9 Å². The number of pyridine rings is 1. The number of hydrogen-bond acceptors (Lipinski definition) is 4. The minimum Gasteiger partial charge on any atom is -0.490 e. The topological polar surface area (TPSA) is 83.0 Å². The predicted octanol–water partition coefficient (Wildman–Crippen LogP) is 5.66. The average molecular weight is 567 g/mol. The largest absolute Gasteiger partial charge is 0.490 e. The summed E-state index contributed by atoms with van der Waals surface area (Å²) >= 11 is 0. The molecule has 7 nitrogen and oxygen atoms in total. The van der Waals surface area contributed by atoms with Crippen molar-refractivity contribution in [3.8, 4) is 5.75 Å². The van der Waals surface area contributed by atoms with Crippen molar-refractivity contribution in [2.75, 3.05) is 19.7 Å². The van der Waals surface area contributed by atoms with Gasteiger partial charge in [0.05, 0.1) is 18.3 Å². The van der Waals surface area contributed by atoms with Crippen LogP contribution in [0.4, 0.5) is 9.18 Å². The first kappa shape index (κ1) is 31.1. The second kappa shape index (κ2) is 12.6. The third kappa shape index (κ3) is 6.30. The highest BCUT2D eigenvalue weighted by Crippen LogP contribution is 2.41.